The maximum atomic E-state index is 14.0. The van der Waals surface area contributed by atoms with Gasteiger partial charge in [0.1, 0.15) is 11.6 Å². The van der Waals surface area contributed by atoms with E-state index in [-0.39, 0.29) is 28.6 Å². The topological polar surface area (TPSA) is 57.7 Å². The lowest BCUT2D eigenvalue weighted by atomic mass is 10.1. The third-order valence-corrected chi connectivity index (χ3v) is 7.57. The van der Waals surface area contributed by atoms with E-state index in [0.29, 0.717) is 12.1 Å². The Hall–Kier alpha value is -2.32. The Bertz CT molecular complexity index is 1060. The number of carbonyl (C=O) groups excluding carboxylic acids is 1. The third kappa shape index (κ3) is 4.54. The summed E-state index contributed by atoms with van der Waals surface area (Å²) in [6, 6.07) is 7.63. The van der Waals surface area contributed by atoms with Crippen molar-refractivity contribution < 1.29 is 22.0 Å². The lowest BCUT2D eigenvalue weighted by Crippen LogP contribution is -2.42. The summed E-state index contributed by atoms with van der Waals surface area (Å²) < 4.78 is 54.8. The molecule has 30 heavy (non-hydrogen) atoms. The van der Waals surface area contributed by atoms with Crippen molar-refractivity contribution in [3.63, 3.8) is 0 Å². The fourth-order valence-electron chi connectivity index (χ4n) is 3.74. The quantitative estimate of drug-likeness (QED) is 0.709. The number of rotatable bonds is 5. The molecule has 1 heterocycles. The minimum Gasteiger partial charge on any atom is -0.337 e. The molecule has 0 bridgehead atoms. The van der Waals surface area contributed by atoms with Gasteiger partial charge >= 0.3 is 0 Å². The van der Waals surface area contributed by atoms with Crippen LogP contribution >= 0.6 is 0 Å². The first-order valence-electron chi connectivity index (χ1n) is 9.93. The van der Waals surface area contributed by atoms with Crippen LogP contribution in [0.25, 0.3) is 0 Å². The van der Waals surface area contributed by atoms with Crippen molar-refractivity contribution in [3.05, 3.63) is 64.7 Å². The zero-order chi connectivity index (χ0) is 22.1. The Morgan fingerprint density at radius 1 is 1.17 bits per heavy atom. The van der Waals surface area contributed by atoms with Gasteiger partial charge < -0.3 is 4.90 Å². The van der Waals surface area contributed by atoms with Gasteiger partial charge in [0, 0.05) is 43.4 Å². The zero-order valence-electron chi connectivity index (χ0n) is 17.4. The van der Waals surface area contributed by atoms with E-state index in [4.69, 9.17) is 0 Å². The van der Waals surface area contributed by atoms with E-state index in [9.17, 15) is 22.0 Å². The number of halogens is 2. The van der Waals surface area contributed by atoms with Gasteiger partial charge in [-0.05, 0) is 50.5 Å². The Kier molecular flexibility index (Phi) is 6.57. The maximum Gasteiger partial charge on any atom is 0.254 e. The molecule has 1 aliphatic rings. The predicted octanol–water partition coefficient (Wildman–Crippen LogP) is 4.11. The van der Waals surface area contributed by atoms with E-state index in [1.54, 1.807) is 13.0 Å². The second kappa shape index (κ2) is 8.81. The van der Waals surface area contributed by atoms with Crippen LogP contribution in [0.2, 0.25) is 0 Å². The van der Waals surface area contributed by atoms with E-state index >= 15 is 0 Å². The molecule has 8 heteroatoms. The minimum atomic E-state index is -3.72. The molecule has 0 saturated carbocycles. The SMILES string of the molecule is Cc1ccc(S(=O)(=O)N2CCCCC2C)cc1C(=O)N(C)Cc1ccc(F)cc1F. The third-order valence-electron chi connectivity index (χ3n) is 5.56. The van der Waals surface area contributed by atoms with Crippen LogP contribution in [0.4, 0.5) is 8.78 Å². The van der Waals surface area contributed by atoms with Crippen molar-refractivity contribution in [1.29, 1.82) is 0 Å². The van der Waals surface area contributed by atoms with Gasteiger partial charge in [-0.25, -0.2) is 17.2 Å². The number of sulfonamides is 1. The number of amides is 1. The van der Waals surface area contributed by atoms with Crippen molar-refractivity contribution in [3.8, 4) is 0 Å². The Balaban J connectivity index is 1.87. The minimum absolute atomic E-state index is 0.0650. The smallest absolute Gasteiger partial charge is 0.254 e. The number of piperidine rings is 1. The summed E-state index contributed by atoms with van der Waals surface area (Å²) in [4.78, 5) is 14.4. The maximum absolute atomic E-state index is 14.0. The van der Waals surface area contributed by atoms with E-state index in [1.165, 1.54) is 34.5 Å². The van der Waals surface area contributed by atoms with Gasteiger partial charge in [-0.3, -0.25) is 4.79 Å². The molecule has 2 aromatic rings. The summed E-state index contributed by atoms with van der Waals surface area (Å²) >= 11 is 0. The van der Waals surface area contributed by atoms with Crippen molar-refractivity contribution in [2.75, 3.05) is 13.6 Å². The first-order chi connectivity index (χ1) is 14.1. The molecule has 0 N–H and O–H groups in total. The second-order valence-electron chi connectivity index (χ2n) is 7.83. The molecule has 1 fully saturated rings. The summed E-state index contributed by atoms with van der Waals surface area (Å²) in [7, 11) is -2.22. The van der Waals surface area contributed by atoms with Crippen LogP contribution in [0, 0.1) is 18.6 Å². The first-order valence-corrected chi connectivity index (χ1v) is 11.4. The predicted molar refractivity (Wildman–Crippen MR) is 111 cm³/mol. The number of nitrogens with zero attached hydrogens (tertiary/aromatic N) is 2. The monoisotopic (exact) mass is 436 g/mol. The summed E-state index contributed by atoms with van der Waals surface area (Å²) in [6.07, 6.45) is 2.62. The van der Waals surface area contributed by atoms with E-state index in [2.05, 4.69) is 0 Å². The van der Waals surface area contributed by atoms with Crippen molar-refractivity contribution in [2.45, 2.75) is 50.6 Å². The van der Waals surface area contributed by atoms with E-state index in [1.807, 2.05) is 6.92 Å². The highest BCUT2D eigenvalue weighted by Gasteiger charge is 2.31. The molecular weight excluding hydrogens is 410 g/mol. The molecule has 162 valence electrons. The molecule has 1 saturated heterocycles. The first kappa shape index (κ1) is 22.4. The molecule has 1 aliphatic heterocycles. The van der Waals surface area contributed by atoms with Crippen LogP contribution in [0.15, 0.2) is 41.3 Å². The van der Waals surface area contributed by atoms with Crippen LogP contribution in [0.3, 0.4) is 0 Å². The molecule has 5 nitrogen and oxygen atoms in total. The van der Waals surface area contributed by atoms with Gasteiger partial charge in [-0.15, -0.1) is 0 Å². The van der Waals surface area contributed by atoms with Crippen LogP contribution in [-0.4, -0.2) is 43.2 Å². The van der Waals surface area contributed by atoms with Crippen molar-refractivity contribution in [2.24, 2.45) is 0 Å². The molecule has 2 aromatic carbocycles. The summed E-state index contributed by atoms with van der Waals surface area (Å²) in [5, 5.41) is 0. The van der Waals surface area contributed by atoms with E-state index < -0.39 is 27.6 Å². The van der Waals surface area contributed by atoms with Gasteiger partial charge in [0.05, 0.1) is 4.90 Å². The highest BCUT2D eigenvalue weighted by Crippen LogP contribution is 2.27. The summed E-state index contributed by atoms with van der Waals surface area (Å²) in [5.41, 5.74) is 1.04. The fourth-order valence-corrected chi connectivity index (χ4v) is 5.47. The van der Waals surface area contributed by atoms with Crippen LogP contribution < -0.4 is 0 Å². The van der Waals surface area contributed by atoms with Crippen LogP contribution in [-0.2, 0) is 16.6 Å². The van der Waals surface area contributed by atoms with Gasteiger partial charge in [0.15, 0.2) is 0 Å². The molecule has 3 rings (SSSR count). The number of hydrogen-bond donors (Lipinski definition) is 0. The normalized spacial score (nSPS) is 17.7. The Morgan fingerprint density at radius 3 is 2.57 bits per heavy atom. The second-order valence-corrected chi connectivity index (χ2v) is 9.72. The lowest BCUT2D eigenvalue weighted by molar-refractivity contribution is 0.0783. The molecule has 1 unspecified atom stereocenters. The lowest BCUT2D eigenvalue weighted by Gasteiger charge is -2.32. The highest BCUT2D eigenvalue weighted by atomic mass is 32.2. The van der Waals surface area contributed by atoms with Crippen molar-refractivity contribution in [1.82, 2.24) is 9.21 Å². The zero-order valence-corrected chi connectivity index (χ0v) is 18.2. The molecule has 0 aliphatic carbocycles. The summed E-state index contributed by atoms with van der Waals surface area (Å²) in [6.45, 7) is 4.01. The van der Waals surface area contributed by atoms with Gasteiger partial charge in [0.25, 0.3) is 5.91 Å². The average molecular weight is 437 g/mol. The number of hydrogen-bond acceptors (Lipinski definition) is 3. The Morgan fingerprint density at radius 2 is 1.90 bits per heavy atom. The molecule has 1 atom stereocenters. The average Bonchev–Trinajstić information content (AvgIpc) is 2.70. The van der Waals surface area contributed by atoms with Crippen LogP contribution in [0.5, 0.6) is 0 Å². The van der Waals surface area contributed by atoms with E-state index in [0.717, 1.165) is 31.4 Å². The molecule has 0 spiro atoms. The van der Waals surface area contributed by atoms with Crippen LogP contribution in [0.1, 0.15) is 47.7 Å². The van der Waals surface area contributed by atoms with Gasteiger partial charge in [0.2, 0.25) is 10.0 Å². The number of benzene rings is 2. The summed E-state index contributed by atoms with van der Waals surface area (Å²) in [5.74, 6) is -1.85. The molecule has 0 radical (unpaired) electrons. The standard InChI is InChI=1S/C22H26F2N2O3S/c1-15-7-10-19(30(28,29)26-11-5-4-6-16(26)2)13-20(15)22(27)25(3)14-17-8-9-18(23)12-21(17)24/h7-10,12-13,16H,4-6,11,14H2,1-3H3. The number of aryl methyl sites for hydroxylation is 1. The Labute approximate surface area is 176 Å². The van der Waals surface area contributed by atoms with Gasteiger partial charge in [-0.2, -0.15) is 4.31 Å². The molecular formula is C22H26F2N2O3S. The molecule has 1 amide bonds. The fraction of sp³-hybridized carbons (Fsp3) is 0.409. The van der Waals surface area contributed by atoms with Gasteiger partial charge in [-0.1, -0.05) is 18.6 Å². The van der Waals surface area contributed by atoms with Crippen molar-refractivity contribution >= 4 is 15.9 Å². The molecule has 0 aromatic heterocycles. The highest BCUT2D eigenvalue weighted by molar-refractivity contribution is 7.89. The largest absolute Gasteiger partial charge is 0.337 e. The number of carbonyl (C=O) groups is 1.